The highest BCUT2D eigenvalue weighted by Gasteiger charge is 2.22. The summed E-state index contributed by atoms with van der Waals surface area (Å²) < 4.78 is 25.8. The van der Waals surface area contributed by atoms with Gasteiger partial charge in [0.1, 0.15) is 24.3 Å². The van der Waals surface area contributed by atoms with Crippen molar-refractivity contribution in [3.8, 4) is 17.2 Å². The number of hydrogen-bond acceptors (Lipinski definition) is 5. The van der Waals surface area contributed by atoms with Crippen molar-refractivity contribution in [2.75, 3.05) is 13.1 Å². The van der Waals surface area contributed by atoms with E-state index in [2.05, 4.69) is 42.0 Å². The van der Waals surface area contributed by atoms with Gasteiger partial charge in [0, 0.05) is 18.7 Å². The Hall–Kier alpha value is -2.93. The molecule has 6 nitrogen and oxygen atoms in total. The molecule has 1 aliphatic rings. The molecule has 0 bridgehead atoms. The third kappa shape index (κ3) is 4.56. The van der Waals surface area contributed by atoms with Crippen molar-refractivity contribution in [3.05, 3.63) is 70.0 Å². The first-order valence-corrected chi connectivity index (χ1v) is 9.78. The summed E-state index contributed by atoms with van der Waals surface area (Å²) in [5.41, 5.74) is 2.90. The largest absolute Gasteiger partial charge is 0.490 e. The van der Waals surface area contributed by atoms with Gasteiger partial charge in [-0.3, -0.25) is 4.90 Å². The minimum absolute atomic E-state index is 0.163. The van der Waals surface area contributed by atoms with Gasteiger partial charge in [-0.05, 0) is 68.1 Å². The van der Waals surface area contributed by atoms with Crippen LogP contribution in [0.25, 0.3) is 11.5 Å². The summed E-state index contributed by atoms with van der Waals surface area (Å²) >= 11 is 0. The van der Waals surface area contributed by atoms with E-state index < -0.39 is 5.76 Å². The first-order chi connectivity index (χ1) is 14.0. The zero-order chi connectivity index (χ0) is 20.4. The van der Waals surface area contributed by atoms with Gasteiger partial charge in [-0.1, -0.05) is 12.1 Å². The molecule has 1 saturated heterocycles. The van der Waals surface area contributed by atoms with Crippen LogP contribution in [0.1, 0.15) is 24.0 Å². The fourth-order valence-corrected chi connectivity index (χ4v) is 3.48. The lowest BCUT2D eigenvalue weighted by atomic mass is 10.1. The standard InChI is InChI=1S/C22H24FN3O3/c1-15-3-4-16(2)20(13-15)28-19-9-11-25(12-10-19)14-26-22(27)29-21(24-26)17-5-7-18(23)8-6-17/h3-8,13,19H,9-12,14H2,1-2H3. The van der Waals surface area contributed by atoms with Crippen LogP contribution in [-0.2, 0) is 6.67 Å². The van der Waals surface area contributed by atoms with E-state index in [1.165, 1.54) is 22.4 Å². The second-order valence-corrected chi connectivity index (χ2v) is 7.53. The second-order valence-electron chi connectivity index (χ2n) is 7.53. The number of ether oxygens (including phenoxy) is 1. The molecule has 29 heavy (non-hydrogen) atoms. The Morgan fingerprint density at radius 1 is 1.14 bits per heavy atom. The predicted octanol–water partition coefficient (Wildman–Crippen LogP) is 3.76. The minimum atomic E-state index is -0.516. The monoisotopic (exact) mass is 397 g/mol. The number of rotatable bonds is 5. The predicted molar refractivity (Wildman–Crippen MR) is 107 cm³/mol. The maximum absolute atomic E-state index is 13.1. The van der Waals surface area contributed by atoms with Gasteiger partial charge < -0.3 is 9.15 Å². The smallest absolute Gasteiger partial charge is 0.438 e. The summed E-state index contributed by atoms with van der Waals surface area (Å²) in [6.45, 7) is 6.09. The first kappa shape index (κ1) is 19.4. The van der Waals surface area contributed by atoms with E-state index in [9.17, 15) is 9.18 Å². The van der Waals surface area contributed by atoms with Crippen LogP contribution in [0.4, 0.5) is 4.39 Å². The highest BCUT2D eigenvalue weighted by Crippen LogP contribution is 2.24. The summed E-state index contributed by atoms with van der Waals surface area (Å²) in [5.74, 6) is 0.280. The molecule has 0 saturated carbocycles. The van der Waals surface area contributed by atoms with Gasteiger partial charge in [0.15, 0.2) is 0 Å². The van der Waals surface area contributed by atoms with Crippen LogP contribution in [0, 0.1) is 19.7 Å². The highest BCUT2D eigenvalue weighted by atomic mass is 19.1. The lowest BCUT2D eigenvalue weighted by Crippen LogP contribution is -2.40. The number of nitrogens with zero attached hydrogens (tertiary/aromatic N) is 3. The topological polar surface area (TPSA) is 60.5 Å². The summed E-state index contributed by atoms with van der Waals surface area (Å²) in [4.78, 5) is 14.3. The molecule has 0 unspecified atom stereocenters. The van der Waals surface area contributed by atoms with Crippen LogP contribution in [0.15, 0.2) is 51.7 Å². The number of aryl methyl sites for hydroxylation is 2. The summed E-state index contributed by atoms with van der Waals surface area (Å²) in [7, 11) is 0. The molecule has 1 fully saturated rings. The van der Waals surface area contributed by atoms with Crippen molar-refractivity contribution in [2.45, 2.75) is 39.5 Å². The third-order valence-corrected chi connectivity index (χ3v) is 5.20. The van der Waals surface area contributed by atoms with Crippen molar-refractivity contribution < 1.29 is 13.5 Å². The zero-order valence-corrected chi connectivity index (χ0v) is 16.6. The van der Waals surface area contributed by atoms with Gasteiger partial charge in [0.25, 0.3) is 0 Å². The average molecular weight is 397 g/mol. The van der Waals surface area contributed by atoms with Crippen LogP contribution in [-0.4, -0.2) is 33.9 Å². The van der Waals surface area contributed by atoms with E-state index in [1.54, 1.807) is 12.1 Å². The number of hydrogen-bond donors (Lipinski definition) is 0. The Morgan fingerprint density at radius 2 is 1.86 bits per heavy atom. The van der Waals surface area contributed by atoms with Gasteiger partial charge >= 0.3 is 5.76 Å². The van der Waals surface area contributed by atoms with E-state index in [0.717, 1.165) is 37.2 Å². The van der Waals surface area contributed by atoms with Crippen LogP contribution in [0.2, 0.25) is 0 Å². The molecule has 152 valence electrons. The second kappa shape index (κ2) is 8.21. The quantitative estimate of drug-likeness (QED) is 0.656. The maximum atomic E-state index is 13.1. The van der Waals surface area contributed by atoms with E-state index in [0.29, 0.717) is 12.2 Å². The van der Waals surface area contributed by atoms with E-state index in [4.69, 9.17) is 9.15 Å². The molecule has 0 amide bonds. The molecule has 3 aromatic rings. The van der Waals surface area contributed by atoms with Crippen LogP contribution in [0.5, 0.6) is 5.75 Å². The lowest BCUT2D eigenvalue weighted by molar-refractivity contribution is 0.0785. The van der Waals surface area contributed by atoms with Crippen molar-refractivity contribution in [1.29, 1.82) is 0 Å². The first-order valence-electron chi connectivity index (χ1n) is 9.78. The number of piperidine rings is 1. The molecule has 0 N–H and O–H groups in total. The van der Waals surface area contributed by atoms with Crippen molar-refractivity contribution in [1.82, 2.24) is 14.7 Å². The fourth-order valence-electron chi connectivity index (χ4n) is 3.48. The lowest BCUT2D eigenvalue weighted by Gasteiger charge is -2.31. The molecule has 0 spiro atoms. The minimum Gasteiger partial charge on any atom is -0.490 e. The third-order valence-electron chi connectivity index (χ3n) is 5.20. The van der Waals surface area contributed by atoms with Crippen LogP contribution in [0.3, 0.4) is 0 Å². The molecule has 4 rings (SSSR count). The normalized spacial score (nSPS) is 15.6. The number of halogens is 1. The van der Waals surface area contributed by atoms with Crippen LogP contribution < -0.4 is 10.5 Å². The SMILES string of the molecule is Cc1ccc(C)c(OC2CCN(Cn3nc(-c4ccc(F)cc4)oc3=O)CC2)c1. The summed E-state index contributed by atoms with van der Waals surface area (Å²) in [6.07, 6.45) is 1.92. The van der Waals surface area contributed by atoms with Gasteiger partial charge in [-0.25, -0.2) is 9.18 Å². The average Bonchev–Trinajstić information content (AvgIpc) is 3.07. The van der Waals surface area contributed by atoms with E-state index >= 15 is 0 Å². The molecule has 0 aliphatic carbocycles. The molecule has 0 atom stereocenters. The fraction of sp³-hybridized carbons (Fsp3) is 0.364. The Morgan fingerprint density at radius 3 is 2.59 bits per heavy atom. The van der Waals surface area contributed by atoms with E-state index in [-0.39, 0.29) is 17.8 Å². The van der Waals surface area contributed by atoms with Gasteiger partial charge in [0.05, 0.1) is 0 Å². The summed E-state index contributed by atoms with van der Waals surface area (Å²) in [5, 5.41) is 4.25. The van der Waals surface area contributed by atoms with E-state index in [1.807, 2.05) is 0 Å². The molecule has 1 aliphatic heterocycles. The number of likely N-dealkylation sites (tertiary alicyclic amines) is 1. The zero-order valence-electron chi connectivity index (χ0n) is 16.6. The van der Waals surface area contributed by atoms with Crippen molar-refractivity contribution in [2.24, 2.45) is 0 Å². The van der Waals surface area contributed by atoms with Crippen molar-refractivity contribution >= 4 is 0 Å². The van der Waals surface area contributed by atoms with Crippen LogP contribution >= 0.6 is 0 Å². The molecular formula is C22H24FN3O3. The Balaban J connectivity index is 1.36. The molecule has 0 radical (unpaired) electrons. The number of aromatic nitrogens is 2. The van der Waals surface area contributed by atoms with Gasteiger partial charge in [-0.2, -0.15) is 4.68 Å². The molecule has 1 aromatic heterocycles. The maximum Gasteiger partial charge on any atom is 0.438 e. The Bertz CT molecular complexity index is 1030. The molecular weight excluding hydrogens is 373 g/mol. The highest BCUT2D eigenvalue weighted by molar-refractivity contribution is 5.51. The summed E-state index contributed by atoms with van der Waals surface area (Å²) in [6, 6.07) is 12.0. The molecule has 7 heteroatoms. The van der Waals surface area contributed by atoms with Crippen molar-refractivity contribution in [3.63, 3.8) is 0 Å². The van der Waals surface area contributed by atoms with Gasteiger partial charge in [-0.15, -0.1) is 5.10 Å². The molecule has 2 aromatic carbocycles. The Labute approximate surface area is 168 Å². The molecule has 2 heterocycles. The van der Waals surface area contributed by atoms with Gasteiger partial charge in [0.2, 0.25) is 5.89 Å². The number of benzene rings is 2. The Kier molecular flexibility index (Phi) is 5.49.